The highest BCUT2D eigenvalue weighted by Gasteiger charge is 2.14. The molecule has 0 aliphatic heterocycles. The van der Waals surface area contributed by atoms with Crippen molar-refractivity contribution in [3.63, 3.8) is 0 Å². The lowest BCUT2D eigenvalue weighted by molar-refractivity contribution is 0.112. The molecule has 0 saturated carbocycles. The highest BCUT2D eigenvalue weighted by molar-refractivity contribution is 6.42. The minimum atomic E-state index is 0.473. The first kappa shape index (κ1) is 14.0. The molecular formula is C16H11Cl2NO2. The maximum atomic E-state index is 11.3. The maximum Gasteiger partial charge on any atom is 0.152 e. The molecule has 2 aromatic carbocycles. The number of H-pyrrole nitrogens is 1. The zero-order valence-corrected chi connectivity index (χ0v) is 12.6. The predicted octanol–water partition coefficient (Wildman–Crippen LogP) is 4.96. The standard InChI is InChI=1S/C16H11Cl2NO2/c1-21-14-5-3-11(9-2-4-12(17)13(18)6-9)15-10(8-20)7-19-16(14)15/h2-8,19H,1H3. The summed E-state index contributed by atoms with van der Waals surface area (Å²) in [6.45, 7) is 0. The van der Waals surface area contributed by atoms with Crippen LogP contribution in [0, 0.1) is 0 Å². The first-order valence-corrected chi connectivity index (χ1v) is 7.00. The Morgan fingerprint density at radius 3 is 2.62 bits per heavy atom. The summed E-state index contributed by atoms with van der Waals surface area (Å²) in [5.74, 6) is 0.682. The van der Waals surface area contributed by atoms with E-state index in [1.165, 1.54) is 0 Å². The molecule has 0 amide bonds. The van der Waals surface area contributed by atoms with E-state index >= 15 is 0 Å². The van der Waals surface area contributed by atoms with E-state index in [1.807, 2.05) is 18.2 Å². The number of carbonyl (C=O) groups is 1. The van der Waals surface area contributed by atoms with Crippen molar-refractivity contribution >= 4 is 40.4 Å². The number of methoxy groups -OCH3 is 1. The van der Waals surface area contributed by atoms with E-state index in [-0.39, 0.29) is 0 Å². The molecule has 0 aliphatic carbocycles. The Labute approximate surface area is 131 Å². The van der Waals surface area contributed by atoms with Gasteiger partial charge < -0.3 is 9.72 Å². The second-order valence-electron chi connectivity index (χ2n) is 4.56. The number of hydrogen-bond donors (Lipinski definition) is 1. The van der Waals surface area contributed by atoms with Crippen LogP contribution in [-0.4, -0.2) is 18.4 Å². The second-order valence-corrected chi connectivity index (χ2v) is 5.37. The van der Waals surface area contributed by atoms with Crippen LogP contribution < -0.4 is 4.74 Å². The van der Waals surface area contributed by atoms with Crippen LogP contribution in [0.5, 0.6) is 5.75 Å². The molecule has 106 valence electrons. The summed E-state index contributed by atoms with van der Waals surface area (Å²) in [6.07, 6.45) is 2.49. The van der Waals surface area contributed by atoms with E-state index in [0.29, 0.717) is 21.4 Å². The van der Waals surface area contributed by atoms with E-state index < -0.39 is 0 Å². The zero-order chi connectivity index (χ0) is 15.0. The number of rotatable bonds is 3. The molecule has 3 aromatic rings. The molecule has 1 heterocycles. The van der Waals surface area contributed by atoms with Gasteiger partial charge in [0.25, 0.3) is 0 Å². The average Bonchev–Trinajstić information content (AvgIpc) is 2.93. The molecule has 0 saturated heterocycles. The number of fused-ring (bicyclic) bond motifs is 1. The first-order chi connectivity index (χ1) is 10.2. The summed E-state index contributed by atoms with van der Waals surface area (Å²) >= 11 is 12.0. The number of hydrogen-bond acceptors (Lipinski definition) is 2. The quantitative estimate of drug-likeness (QED) is 0.693. The van der Waals surface area contributed by atoms with Gasteiger partial charge in [-0.3, -0.25) is 4.79 Å². The number of nitrogens with one attached hydrogen (secondary N) is 1. The van der Waals surface area contributed by atoms with Crippen molar-refractivity contribution in [1.82, 2.24) is 4.98 Å². The monoisotopic (exact) mass is 319 g/mol. The van der Waals surface area contributed by atoms with E-state index in [9.17, 15) is 4.79 Å². The summed E-state index contributed by atoms with van der Waals surface area (Å²) in [4.78, 5) is 14.4. The lowest BCUT2D eigenvalue weighted by atomic mass is 9.99. The molecular weight excluding hydrogens is 309 g/mol. The van der Waals surface area contributed by atoms with Crippen molar-refractivity contribution in [3.05, 3.63) is 52.1 Å². The fourth-order valence-electron chi connectivity index (χ4n) is 2.42. The molecule has 0 spiro atoms. The Bertz CT molecular complexity index is 840. The van der Waals surface area contributed by atoms with Gasteiger partial charge in [-0.1, -0.05) is 29.3 Å². The van der Waals surface area contributed by atoms with Gasteiger partial charge >= 0.3 is 0 Å². The van der Waals surface area contributed by atoms with E-state index in [0.717, 1.165) is 28.3 Å². The summed E-state index contributed by atoms with van der Waals surface area (Å²) in [7, 11) is 1.59. The molecule has 0 unspecified atom stereocenters. The van der Waals surface area contributed by atoms with Crippen LogP contribution in [0.1, 0.15) is 10.4 Å². The van der Waals surface area contributed by atoms with Crippen LogP contribution in [0.15, 0.2) is 36.5 Å². The Kier molecular flexibility index (Phi) is 3.62. The fourth-order valence-corrected chi connectivity index (χ4v) is 2.71. The van der Waals surface area contributed by atoms with Crippen molar-refractivity contribution in [1.29, 1.82) is 0 Å². The summed E-state index contributed by atoms with van der Waals surface area (Å²) < 4.78 is 5.32. The third-order valence-electron chi connectivity index (χ3n) is 3.41. The number of aromatic nitrogens is 1. The lowest BCUT2D eigenvalue weighted by Gasteiger charge is -2.09. The van der Waals surface area contributed by atoms with Gasteiger partial charge in [0.1, 0.15) is 5.75 Å². The number of carbonyl (C=O) groups excluding carboxylic acids is 1. The van der Waals surface area contributed by atoms with Gasteiger partial charge in [-0.05, 0) is 35.4 Å². The predicted molar refractivity (Wildman–Crippen MR) is 85.7 cm³/mol. The van der Waals surface area contributed by atoms with Crippen molar-refractivity contribution < 1.29 is 9.53 Å². The third kappa shape index (κ3) is 2.28. The number of aldehydes is 1. The Balaban J connectivity index is 2.34. The van der Waals surface area contributed by atoms with E-state index in [1.54, 1.807) is 25.4 Å². The van der Waals surface area contributed by atoms with Gasteiger partial charge in [0.15, 0.2) is 6.29 Å². The Hall–Kier alpha value is -1.97. The summed E-state index contributed by atoms with van der Waals surface area (Å²) in [6, 6.07) is 9.15. The second kappa shape index (κ2) is 5.43. The zero-order valence-electron chi connectivity index (χ0n) is 11.1. The number of halogens is 2. The maximum absolute atomic E-state index is 11.3. The first-order valence-electron chi connectivity index (χ1n) is 6.24. The van der Waals surface area contributed by atoms with Crippen LogP contribution in [0.25, 0.3) is 22.0 Å². The normalized spacial score (nSPS) is 10.8. The van der Waals surface area contributed by atoms with Crippen LogP contribution in [0.4, 0.5) is 0 Å². The minimum Gasteiger partial charge on any atom is -0.495 e. The number of ether oxygens (including phenoxy) is 1. The van der Waals surface area contributed by atoms with Crippen LogP contribution in [-0.2, 0) is 0 Å². The molecule has 0 radical (unpaired) electrons. The Morgan fingerprint density at radius 2 is 1.95 bits per heavy atom. The smallest absolute Gasteiger partial charge is 0.152 e. The van der Waals surface area contributed by atoms with Crippen molar-refractivity contribution in [2.24, 2.45) is 0 Å². The molecule has 21 heavy (non-hydrogen) atoms. The molecule has 0 atom stereocenters. The summed E-state index contributed by atoms with van der Waals surface area (Å²) in [5, 5.41) is 1.78. The third-order valence-corrected chi connectivity index (χ3v) is 4.14. The van der Waals surface area contributed by atoms with Crippen molar-refractivity contribution in [2.75, 3.05) is 7.11 Å². The average molecular weight is 320 g/mol. The molecule has 0 bridgehead atoms. The topological polar surface area (TPSA) is 42.1 Å². The van der Waals surface area contributed by atoms with E-state index in [2.05, 4.69) is 4.98 Å². The van der Waals surface area contributed by atoms with Gasteiger partial charge in [-0.2, -0.15) is 0 Å². The minimum absolute atomic E-state index is 0.473. The van der Waals surface area contributed by atoms with E-state index in [4.69, 9.17) is 27.9 Å². The molecule has 1 N–H and O–H groups in total. The molecule has 1 aromatic heterocycles. The number of aromatic amines is 1. The van der Waals surface area contributed by atoms with Crippen LogP contribution in [0.3, 0.4) is 0 Å². The molecule has 0 fully saturated rings. The van der Waals surface area contributed by atoms with Gasteiger partial charge in [-0.25, -0.2) is 0 Å². The number of benzene rings is 2. The molecule has 3 nitrogen and oxygen atoms in total. The van der Waals surface area contributed by atoms with Crippen molar-refractivity contribution in [2.45, 2.75) is 0 Å². The lowest BCUT2D eigenvalue weighted by Crippen LogP contribution is -1.88. The van der Waals surface area contributed by atoms with Crippen molar-refractivity contribution in [3.8, 4) is 16.9 Å². The molecule has 0 aliphatic rings. The molecule has 3 rings (SSSR count). The SMILES string of the molecule is COc1ccc(-c2ccc(Cl)c(Cl)c2)c2c(C=O)c[nH]c12. The van der Waals surface area contributed by atoms with Gasteiger partial charge in [0, 0.05) is 17.1 Å². The Morgan fingerprint density at radius 1 is 1.14 bits per heavy atom. The van der Waals surface area contributed by atoms with Gasteiger partial charge in [-0.15, -0.1) is 0 Å². The highest BCUT2D eigenvalue weighted by atomic mass is 35.5. The van der Waals surface area contributed by atoms with Gasteiger partial charge in [0.05, 0.1) is 22.7 Å². The summed E-state index contributed by atoms with van der Waals surface area (Å²) in [5.41, 5.74) is 3.14. The highest BCUT2D eigenvalue weighted by Crippen LogP contribution is 2.37. The largest absolute Gasteiger partial charge is 0.495 e. The molecule has 5 heteroatoms. The van der Waals surface area contributed by atoms with Crippen LogP contribution in [0.2, 0.25) is 10.0 Å². The van der Waals surface area contributed by atoms with Crippen LogP contribution >= 0.6 is 23.2 Å². The van der Waals surface area contributed by atoms with Gasteiger partial charge in [0.2, 0.25) is 0 Å². The fraction of sp³-hybridized carbons (Fsp3) is 0.0625.